The fourth-order valence-electron chi connectivity index (χ4n) is 4.21. The zero-order valence-electron chi connectivity index (χ0n) is 14.4. The summed E-state index contributed by atoms with van der Waals surface area (Å²) in [6, 6.07) is 2.19. The average Bonchev–Trinajstić information content (AvgIpc) is 3.12. The summed E-state index contributed by atoms with van der Waals surface area (Å²) in [7, 11) is 0. The van der Waals surface area contributed by atoms with Crippen LogP contribution in [0, 0.1) is 17.2 Å². The smallest absolute Gasteiger partial charge is 0.318 e. The number of nitrogens with zero attached hydrogens (tertiary/aromatic N) is 3. The van der Waals surface area contributed by atoms with E-state index in [2.05, 4.69) is 11.4 Å². The van der Waals surface area contributed by atoms with Gasteiger partial charge in [0.25, 0.3) is 0 Å². The fourth-order valence-corrected chi connectivity index (χ4v) is 4.21. The van der Waals surface area contributed by atoms with E-state index in [4.69, 9.17) is 5.26 Å². The van der Waals surface area contributed by atoms with Gasteiger partial charge in [0.05, 0.1) is 6.07 Å². The first-order valence-corrected chi connectivity index (χ1v) is 9.44. The monoisotopic (exact) mass is 332 g/mol. The maximum Gasteiger partial charge on any atom is 0.318 e. The number of amides is 3. The van der Waals surface area contributed by atoms with Gasteiger partial charge in [-0.3, -0.25) is 4.79 Å². The van der Waals surface area contributed by atoms with E-state index in [-0.39, 0.29) is 29.9 Å². The van der Waals surface area contributed by atoms with Gasteiger partial charge >= 0.3 is 6.03 Å². The summed E-state index contributed by atoms with van der Waals surface area (Å²) >= 11 is 0. The molecule has 1 saturated carbocycles. The average molecular weight is 332 g/mol. The van der Waals surface area contributed by atoms with Crippen LogP contribution in [0.25, 0.3) is 0 Å². The lowest BCUT2D eigenvalue weighted by molar-refractivity contribution is -0.136. The molecule has 24 heavy (non-hydrogen) atoms. The number of carbonyl (C=O) groups excluding carboxylic acids is 2. The molecule has 3 amide bonds. The van der Waals surface area contributed by atoms with Crippen LogP contribution in [-0.4, -0.2) is 53.5 Å². The molecule has 3 fully saturated rings. The molecule has 0 aromatic heterocycles. The van der Waals surface area contributed by atoms with Crippen molar-refractivity contribution in [2.24, 2.45) is 5.92 Å². The number of hydrogen-bond donors (Lipinski definition) is 1. The third kappa shape index (κ3) is 3.82. The van der Waals surface area contributed by atoms with Gasteiger partial charge in [-0.25, -0.2) is 4.79 Å². The maximum absolute atomic E-state index is 12.8. The zero-order chi connectivity index (χ0) is 16.9. The van der Waals surface area contributed by atoms with Crippen LogP contribution in [0.1, 0.15) is 57.8 Å². The molecule has 6 nitrogen and oxygen atoms in total. The molecule has 3 aliphatic rings. The number of nitriles is 1. The number of likely N-dealkylation sites (tertiary alicyclic amines) is 2. The largest absolute Gasteiger partial charge is 0.341 e. The van der Waals surface area contributed by atoms with E-state index in [0.717, 1.165) is 38.5 Å². The van der Waals surface area contributed by atoms with E-state index < -0.39 is 0 Å². The van der Waals surface area contributed by atoms with Crippen molar-refractivity contribution in [3.63, 3.8) is 0 Å². The number of carbonyl (C=O) groups is 2. The van der Waals surface area contributed by atoms with Gasteiger partial charge in [-0.15, -0.1) is 0 Å². The molecule has 1 N–H and O–H groups in total. The number of piperidine rings is 1. The van der Waals surface area contributed by atoms with Crippen LogP contribution < -0.4 is 5.32 Å². The highest BCUT2D eigenvalue weighted by Gasteiger charge is 2.38. The lowest BCUT2D eigenvalue weighted by Gasteiger charge is -2.34. The van der Waals surface area contributed by atoms with Gasteiger partial charge in [0.1, 0.15) is 6.04 Å². The number of urea groups is 1. The molecule has 132 valence electrons. The van der Waals surface area contributed by atoms with E-state index >= 15 is 0 Å². The fraction of sp³-hybridized carbons (Fsp3) is 0.833. The molecule has 1 aliphatic carbocycles. The Balaban J connectivity index is 1.55. The van der Waals surface area contributed by atoms with Gasteiger partial charge in [-0.05, 0) is 38.5 Å². The first-order valence-electron chi connectivity index (χ1n) is 9.44. The third-order valence-electron chi connectivity index (χ3n) is 5.72. The van der Waals surface area contributed by atoms with Crippen LogP contribution >= 0.6 is 0 Å². The molecule has 2 heterocycles. The first-order chi connectivity index (χ1) is 11.7. The molecule has 2 saturated heterocycles. The molecule has 0 aromatic rings. The van der Waals surface area contributed by atoms with E-state index in [1.54, 1.807) is 4.90 Å². The number of rotatable bonds is 2. The minimum Gasteiger partial charge on any atom is -0.341 e. The second kappa shape index (κ2) is 7.87. The molecular formula is C18H28N4O2. The van der Waals surface area contributed by atoms with Crippen LogP contribution in [0.3, 0.4) is 0 Å². The molecule has 0 spiro atoms. The minimum absolute atomic E-state index is 0.0651. The highest BCUT2D eigenvalue weighted by atomic mass is 16.2. The Kier molecular flexibility index (Phi) is 5.60. The second-order valence-corrected chi connectivity index (χ2v) is 7.36. The van der Waals surface area contributed by atoms with E-state index in [9.17, 15) is 9.59 Å². The summed E-state index contributed by atoms with van der Waals surface area (Å²) in [6.45, 7) is 1.96. The molecule has 1 atom stereocenters. The summed E-state index contributed by atoms with van der Waals surface area (Å²) in [5.41, 5.74) is 0. The molecule has 0 radical (unpaired) electrons. The molecule has 1 unspecified atom stereocenters. The Hall–Kier alpha value is -1.77. The number of hydrogen-bond acceptors (Lipinski definition) is 3. The summed E-state index contributed by atoms with van der Waals surface area (Å²) < 4.78 is 0. The van der Waals surface area contributed by atoms with Crippen molar-refractivity contribution in [1.29, 1.82) is 5.26 Å². The minimum atomic E-state index is -0.313. The van der Waals surface area contributed by atoms with Crippen LogP contribution in [0.5, 0.6) is 0 Å². The standard InChI is InChI=1S/C18H28N4O2/c19-13-14-8-11-21(12-9-14)17(23)16-7-4-10-22(16)18(24)20-15-5-2-1-3-6-15/h14-16H,1-12H2,(H,20,24). The van der Waals surface area contributed by atoms with E-state index in [1.165, 1.54) is 19.3 Å². The zero-order valence-corrected chi connectivity index (χ0v) is 14.4. The van der Waals surface area contributed by atoms with E-state index in [0.29, 0.717) is 19.6 Å². The van der Waals surface area contributed by atoms with Crippen LogP contribution in [0.4, 0.5) is 4.79 Å². The lowest BCUT2D eigenvalue weighted by Crippen LogP contribution is -2.53. The molecular weight excluding hydrogens is 304 g/mol. The SMILES string of the molecule is N#CC1CCN(C(=O)C2CCCN2C(=O)NC2CCCCC2)CC1. The topological polar surface area (TPSA) is 76.4 Å². The van der Waals surface area contributed by atoms with Crippen molar-refractivity contribution in [1.82, 2.24) is 15.1 Å². The van der Waals surface area contributed by atoms with Crippen LogP contribution in [0.15, 0.2) is 0 Å². The Morgan fingerprint density at radius 3 is 2.29 bits per heavy atom. The Morgan fingerprint density at radius 2 is 1.62 bits per heavy atom. The summed E-state index contributed by atoms with van der Waals surface area (Å²) in [6.07, 6.45) is 8.89. The Bertz CT molecular complexity index is 502. The number of nitrogens with one attached hydrogen (secondary N) is 1. The van der Waals surface area contributed by atoms with Gasteiger partial charge in [0.2, 0.25) is 5.91 Å². The van der Waals surface area contributed by atoms with Gasteiger partial charge in [0, 0.05) is 31.6 Å². The normalized spacial score (nSPS) is 26.2. The van der Waals surface area contributed by atoms with Crippen molar-refractivity contribution >= 4 is 11.9 Å². The van der Waals surface area contributed by atoms with Crippen molar-refractivity contribution in [3.05, 3.63) is 0 Å². The maximum atomic E-state index is 12.8. The Morgan fingerprint density at radius 1 is 0.917 bits per heavy atom. The molecule has 6 heteroatoms. The molecule has 3 rings (SSSR count). The molecule has 2 aliphatic heterocycles. The van der Waals surface area contributed by atoms with Crippen LogP contribution in [-0.2, 0) is 4.79 Å². The predicted octanol–water partition coefficient (Wildman–Crippen LogP) is 2.26. The van der Waals surface area contributed by atoms with Gasteiger partial charge in [-0.1, -0.05) is 19.3 Å². The molecule has 0 bridgehead atoms. The first kappa shape index (κ1) is 17.1. The van der Waals surface area contributed by atoms with Crippen LogP contribution in [0.2, 0.25) is 0 Å². The van der Waals surface area contributed by atoms with Gasteiger partial charge in [0.15, 0.2) is 0 Å². The summed E-state index contributed by atoms with van der Waals surface area (Å²) in [5, 5.41) is 12.1. The highest BCUT2D eigenvalue weighted by molar-refractivity contribution is 5.87. The van der Waals surface area contributed by atoms with Crippen molar-refractivity contribution in [2.45, 2.75) is 69.9 Å². The quantitative estimate of drug-likeness (QED) is 0.842. The van der Waals surface area contributed by atoms with Crippen molar-refractivity contribution in [2.75, 3.05) is 19.6 Å². The summed E-state index contributed by atoms with van der Waals surface area (Å²) in [4.78, 5) is 29.0. The predicted molar refractivity (Wildman–Crippen MR) is 90.0 cm³/mol. The third-order valence-corrected chi connectivity index (χ3v) is 5.72. The molecule has 0 aromatic carbocycles. The van der Waals surface area contributed by atoms with Gasteiger partial charge < -0.3 is 15.1 Å². The lowest BCUT2D eigenvalue weighted by atomic mass is 9.96. The summed E-state index contributed by atoms with van der Waals surface area (Å²) in [5.74, 6) is 0.144. The Labute approximate surface area is 144 Å². The van der Waals surface area contributed by atoms with Crippen molar-refractivity contribution < 1.29 is 9.59 Å². The second-order valence-electron chi connectivity index (χ2n) is 7.36. The van der Waals surface area contributed by atoms with Crippen molar-refractivity contribution in [3.8, 4) is 6.07 Å². The highest BCUT2D eigenvalue weighted by Crippen LogP contribution is 2.24. The van der Waals surface area contributed by atoms with E-state index in [1.807, 2.05) is 4.90 Å². The van der Waals surface area contributed by atoms with Gasteiger partial charge in [-0.2, -0.15) is 5.26 Å².